The molecule has 2 aromatic rings. The monoisotopic (exact) mass is 449 g/mol. The van der Waals surface area contributed by atoms with E-state index in [1.165, 1.54) is 18.0 Å². The summed E-state index contributed by atoms with van der Waals surface area (Å²) in [6.45, 7) is 1.33. The van der Waals surface area contributed by atoms with Gasteiger partial charge >= 0.3 is 0 Å². The van der Waals surface area contributed by atoms with Gasteiger partial charge in [0.2, 0.25) is 11.8 Å². The molecule has 0 radical (unpaired) electrons. The molecule has 0 saturated carbocycles. The van der Waals surface area contributed by atoms with Gasteiger partial charge in [0.15, 0.2) is 6.61 Å². The number of para-hydroxylation sites is 2. The van der Waals surface area contributed by atoms with E-state index in [9.17, 15) is 14.4 Å². The second-order valence-electron chi connectivity index (χ2n) is 7.00. The number of ether oxygens (including phenoxy) is 1. The van der Waals surface area contributed by atoms with Crippen LogP contribution in [0.1, 0.15) is 13.3 Å². The highest BCUT2D eigenvalue weighted by atomic mass is 35.5. The molecule has 0 bridgehead atoms. The van der Waals surface area contributed by atoms with Crippen molar-refractivity contribution in [1.82, 2.24) is 4.90 Å². The number of carbonyl (C=O) groups excluding carboxylic acids is 3. The van der Waals surface area contributed by atoms with E-state index in [4.69, 9.17) is 27.9 Å². The molecule has 2 aromatic carbocycles. The third-order valence-electron chi connectivity index (χ3n) is 4.67. The zero-order chi connectivity index (χ0) is 21.8. The van der Waals surface area contributed by atoms with Crippen LogP contribution in [0, 0.1) is 0 Å². The fraction of sp³-hybridized carbons (Fsp3) is 0.286. The molecular weight excluding hydrogens is 429 g/mol. The lowest BCUT2D eigenvalue weighted by atomic mass is 10.1. The van der Waals surface area contributed by atoms with Crippen molar-refractivity contribution in [2.75, 3.05) is 30.4 Å². The molecule has 3 amide bonds. The average Bonchev–Trinajstić information content (AvgIpc) is 2.82. The summed E-state index contributed by atoms with van der Waals surface area (Å²) in [5.41, 5.74) is 1.16. The summed E-state index contributed by atoms with van der Waals surface area (Å²) in [7, 11) is 1.51. The molecule has 0 aliphatic carbocycles. The van der Waals surface area contributed by atoms with Gasteiger partial charge in [-0.3, -0.25) is 14.4 Å². The third kappa shape index (κ3) is 5.04. The van der Waals surface area contributed by atoms with Crippen LogP contribution in [-0.2, 0) is 14.4 Å². The van der Waals surface area contributed by atoms with Gasteiger partial charge in [0.25, 0.3) is 5.91 Å². The maximum atomic E-state index is 13.0. The highest BCUT2D eigenvalue weighted by molar-refractivity contribution is 6.34. The minimum Gasteiger partial charge on any atom is -0.482 e. The molecule has 1 aliphatic heterocycles. The first-order valence-electron chi connectivity index (χ1n) is 9.29. The predicted octanol–water partition coefficient (Wildman–Crippen LogP) is 3.59. The van der Waals surface area contributed by atoms with Gasteiger partial charge in [-0.15, -0.1) is 0 Å². The van der Waals surface area contributed by atoms with Crippen LogP contribution in [0.5, 0.6) is 5.75 Å². The van der Waals surface area contributed by atoms with Gasteiger partial charge in [-0.2, -0.15) is 0 Å². The second kappa shape index (κ2) is 9.36. The number of anilines is 2. The first-order valence-corrected chi connectivity index (χ1v) is 10.0. The van der Waals surface area contributed by atoms with Gasteiger partial charge in [0.1, 0.15) is 5.75 Å². The summed E-state index contributed by atoms with van der Waals surface area (Å²) < 4.78 is 5.45. The fourth-order valence-corrected chi connectivity index (χ4v) is 3.51. The minimum atomic E-state index is -0.399. The number of amides is 3. The lowest BCUT2D eigenvalue weighted by Gasteiger charge is -2.29. The quantitative estimate of drug-likeness (QED) is 0.755. The van der Waals surface area contributed by atoms with Crippen LogP contribution in [0.3, 0.4) is 0 Å². The van der Waals surface area contributed by atoms with Crippen molar-refractivity contribution in [1.29, 1.82) is 0 Å². The van der Waals surface area contributed by atoms with Crippen molar-refractivity contribution in [2.45, 2.75) is 19.4 Å². The Hall–Kier alpha value is -2.77. The van der Waals surface area contributed by atoms with Gasteiger partial charge in [-0.1, -0.05) is 35.3 Å². The van der Waals surface area contributed by atoms with E-state index in [1.54, 1.807) is 48.2 Å². The van der Waals surface area contributed by atoms with Gasteiger partial charge in [-0.05, 0) is 31.2 Å². The number of likely N-dealkylation sites (N-methyl/N-ethyl adjacent to an activating group) is 1. The minimum absolute atomic E-state index is 0.161. The van der Waals surface area contributed by atoms with Crippen LogP contribution >= 0.6 is 23.2 Å². The highest BCUT2D eigenvalue weighted by Crippen LogP contribution is 2.31. The van der Waals surface area contributed by atoms with Crippen LogP contribution in [0.2, 0.25) is 10.0 Å². The first kappa shape index (κ1) is 21.9. The third-order valence-corrected chi connectivity index (χ3v) is 5.22. The fourth-order valence-electron chi connectivity index (χ4n) is 3.17. The molecule has 9 heteroatoms. The number of halogens is 2. The van der Waals surface area contributed by atoms with Gasteiger partial charge in [0, 0.05) is 30.6 Å². The summed E-state index contributed by atoms with van der Waals surface area (Å²) in [5, 5.41) is 3.57. The highest BCUT2D eigenvalue weighted by Gasteiger charge is 2.30. The van der Waals surface area contributed by atoms with Gasteiger partial charge in [-0.25, -0.2) is 0 Å². The maximum absolute atomic E-state index is 13.0. The number of benzene rings is 2. The lowest BCUT2D eigenvalue weighted by molar-refractivity contribution is -0.135. The smallest absolute Gasteiger partial charge is 0.260 e. The number of fused-ring (bicyclic) bond motifs is 1. The number of nitrogens with zero attached hydrogens (tertiary/aromatic N) is 2. The van der Waals surface area contributed by atoms with Crippen molar-refractivity contribution in [3.8, 4) is 5.75 Å². The molecule has 158 valence electrons. The Labute approximate surface area is 184 Å². The van der Waals surface area contributed by atoms with E-state index in [1.807, 2.05) is 0 Å². The molecule has 7 nitrogen and oxygen atoms in total. The standard InChI is InChI=1S/C21H21Cl2N3O4/c1-13-9-19(27)24-16-5-3-4-6-17(16)26(13)20(28)11-25(2)21(29)12-30-18-10-14(22)7-8-15(18)23/h3-8,10,13H,9,11-12H2,1-2H3,(H,24,27)/t13-/m0/s1. The van der Waals surface area contributed by atoms with E-state index in [-0.39, 0.29) is 43.2 Å². The Morgan fingerprint density at radius 3 is 2.73 bits per heavy atom. The Bertz CT molecular complexity index is 982. The number of carbonyl (C=O) groups is 3. The second-order valence-corrected chi connectivity index (χ2v) is 7.84. The molecule has 30 heavy (non-hydrogen) atoms. The van der Waals surface area contributed by atoms with Gasteiger partial charge < -0.3 is 19.9 Å². The molecule has 1 atom stereocenters. The molecule has 0 aromatic heterocycles. The number of hydrogen-bond acceptors (Lipinski definition) is 4. The molecule has 1 aliphatic rings. The molecule has 3 rings (SSSR count). The average molecular weight is 450 g/mol. The van der Waals surface area contributed by atoms with E-state index >= 15 is 0 Å². The van der Waals surface area contributed by atoms with Crippen molar-refractivity contribution in [3.05, 3.63) is 52.5 Å². The van der Waals surface area contributed by atoms with Crippen molar-refractivity contribution < 1.29 is 19.1 Å². The van der Waals surface area contributed by atoms with E-state index in [0.29, 0.717) is 21.4 Å². The van der Waals surface area contributed by atoms with E-state index in [2.05, 4.69) is 5.32 Å². The summed E-state index contributed by atoms with van der Waals surface area (Å²) >= 11 is 11.9. The van der Waals surface area contributed by atoms with E-state index in [0.717, 1.165) is 0 Å². The molecule has 0 unspecified atom stereocenters. The van der Waals surface area contributed by atoms with Crippen LogP contribution in [0.4, 0.5) is 11.4 Å². The Morgan fingerprint density at radius 1 is 1.23 bits per heavy atom. The number of rotatable bonds is 5. The van der Waals surface area contributed by atoms with Crippen molar-refractivity contribution in [3.63, 3.8) is 0 Å². The Morgan fingerprint density at radius 2 is 1.97 bits per heavy atom. The normalized spacial score (nSPS) is 15.7. The zero-order valence-corrected chi connectivity index (χ0v) is 18.0. The summed E-state index contributed by atoms with van der Waals surface area (Å²) in [6, 6.07) is 11.4. The van der Waals surface area contributed by atoms with Gasteiger partial charge in [0.05, 0.1) is 22.9 Å². The van der Waals surface area contributed by atoms with Crippen molar-refractivity contribution in [2.24, 2.45) is 0 Å². The topological polar surface area (TPSA) is 79.0 Å². The van der Waals surface area contributed by atoms with Crippen LogP contribution < -0.4 is 15.0 Å². The maximum Gasteiger partial charge on any atom is 0.260 e. The summed E-state index contributed by atoms with van der Waals surface area (Å²) in [4.78, 5) is 40.4. The SMILES string of the molecule is C[C@H]1CC(=O)Nc2ccccc2N1C(=O)CN(C)C(=O)COc1cc(Cl)ccc1Cl. The molecular formula is C21H21Cl2N3O4. The van der Waals surface area contributed by atoms with Crippen LogP contribution in [0.15, 0.2) is 42.5 Å². The largest absolute Gasteiger partial charge is 0.482 e. The molecule has 0 spiro atoms. The molecule has 0 fully saturated rings. The molecule has 1 heterocycles. The molecule has 1 N–H and O–H groups in total. The number of hydrogen-bond donors (Lipinski definition) is 1. The first-order chi connectivity index (χ1) is 14.3. The Balaban J connectivity index is 1.68. The van der Waals surface area contributed by atoms with Crippen molar-refractivity contribution >= 4 is 52.3 Å². The van der Waals surface area contributed by atoms with Crippen LogP contribution in [-0.4, -0.2) is 48.9 Å². The van der Waals surface area contributed by atoms with Crippen LogP contribution in [0.25, 0.3) is 0 Å². The number of nitrogens with one attached hydrogen (secondary N) is 1. The summed E-state index contributed by atoms with van der Waals surface area (Å²) in [5.74, 6) is -0.578. The van der Waals surface area contributed by atoms with E-state index < -0.39 is 5.91 Å². The predicted molar refractivity (Wildman–Crippen MR) is 116 cm³/mol. The zero-order valence-electron chi connectivity index (χ0n) is 16.5. The lowest BCUT2D eigenvalue weighted by Crippen LogP contribution is -2.46. The molecule has 0 saturated heterocycles. The summed E-state index contributed by atoms with van der Waals surface area (Å²) in [6.07, 6.45) is 0.161. The Kier molecular flexibility index (Phi) is 6.84.